The van der Waals surface area contributed by atoms with Gasteiger partial charge in [0.1, 0.15) is 0 Å². The topological polar surface area (TPSA) is 138 Å². The first-order valence-electron chi connectivity index (χ1n) is 0.323. The second-order valence-electron chi connectivity index (χ2n) is 0.0690. The van der Waals surface area contributed by atoms with Gasteiger partial charge in [0, 0.05) is 0 Å². The zero-order valence-electron chi connectivity index (χ0n) is 2.73. The maximum atomic E-state index is 8.35. The maximum Gasteiger partial charge on any atom is 0.327 e. The van der Waals surface area contributed by atoms with E-state index < -0.39 is 0 Å². The summed E-state index contributed by atoms with van der Waals surface area (Å²) >= 11 is -0.167. The molecule has 0 rings (SSSR count). The monoisotopic (exact) mass is 148 g/mol. The predicted octanol–water partition coefficient (Wildman–Crippen LogP) is -5.14. The molecule has 7 N–H and O–H groups in total. The van der Waals surface area contributed by atoms with E-state index in [-0.39, 0.29) is 50.8 Å². The molecule has 0 amide bonds. The van der Waals surface area contributed by atoms with Crippen molar-refractivity contribution in [2.24, 2.45) is 0 Å². The molecule has 0 fully saturated rings. The van der Waals surface area contributed by atoms with Gasteiger partial charge in [0.2, 0.25) is 0 Å². The van der Waals surface area contributed by atoms with Gasteiger partial charge < -0.3 is 21.1 Å². The van der Waals surface area contributed by atoms with Gasteiger partial charge >= 0.3 is 34.4 Å². The van der Waals surface area contributed by atoms with Crippen LogP contribution in [0.5, 0.6) is 0 Å². The van der Waals surface area contributed by atoms with Crippen LogP contribution < -0.4 is 4.66 Å². The molecule has 0 aliphatic carbocycles. The summed E-state index contributed by atoms with van der Waals surface area (Å²) in [6.45, 7) is 0. The summed E-state index contributed by atoms with van der Waals surface area (Å²) in [5, 5.41) is 0. The first-order chi connectivity index (χ1) is 1.41. The Kier molecular flexibility index (Phi) is 441. The van der Waals surface area contributed by atoms with Crippen molar-refractivity contribution in [3.8, 4) is 0 Å². The van der Waals surface area contributed by atoms with Gasteiger partial charge in [0.15, 0.2) is 0 Å². The quantitative estimate of drug-likeness (QED) is 0.344. The summed E-state index contributed by atoms with van der Waals surface area (Å²) in [7, 11) is 0. The summed E-state index contributed by atoms with van der Waals surface area (Å²) in [4.78, 5) is 0. The zero-order chi connectivity index (χ0) is 2.71. The average molecular weight is 149 g/mol. The highest BCUT2D eigenvalue weighted by Crippen LogP contribution is 1.13. The lowest BCUT2D eigenvalue weighted by atomic mass is 15.9. The molecule has 7 heavy (non-hydrogen) atoms. The molecular formula is H9ClMgO5. The number of hydrogen-bond acceptors (Lipinski definition) is 2. The molecule has 0 bridgehead atoms. The van der Waals surface area contributed by atoms with Crippen LogP contribution in [0.25, 0.3) is 0 Å². The Morgan fingerprint density at radius 3 is 1.14 bits per heavy atom. The first kappa shape index (κ1) is 45.3. The number of halogens is 1. The molecule has 0 saturated carbocycles. The lowest BCUT2D eigenvalue weighted by molar-refractivity contribution is -1.27. The van der Waals surface area contributed by atoms with E-state index in [2.05, 4.69) is 0 Å². The van der Waals surface area contributed by atoms with Crippen molar-refractivity contribution in [2.45, 2.75) is 0 Å². The Bertz CT molecular complexity index is 8.04. The smallest absolute Gasteiger partial charge is 0.327 e. The SMILES string of the molecule is O.O.O.[MgH2].[O-][Cl+]O. The van der Waals surface area contributed by atoms with Gasteiger partial charge in [-0.15, -0.1) is 4.66 Å². The predicted molar refractivity (Wildman–Crippen MR) is 21.6 cm³/mol. The normalized spacial score (nSPS) is 2.57. The Labute approximate surface area is 60.5 Å². The van der Waals surface area contributed by atoms with Gasteiger partial charge in [0.25, 0.3) is 0 Å². The number of rotatable bonds is 0. The van der Waals surface area contributed by atoms with E-state index in [1.165, 1.54) is 0 Å². The van der Waals surface area contributed by atoms with Crippen LogP contribution in [0.15, 0.2) is 0 Å². The summed E-state index contributed by atoms with van der Waals surface area (Å²) in [6, 6.07) is 0. The van der Waals surface area contributed by atoms with Crippen molar-refractivity contribution in [1.29, 1.82) is 0 Å². The third-order valence-corrected chi connectivity index (χ3v) is 0. The van der Waals surface area contributed by atoms with E-state index in [9.17, 15) is 0 Å². The second-order valence-corrected chi connectivity index (χ2v) is 0.207. The van der Waals surface area contributed by atoms with E-state index in [1.807, 2.05) is 0 Å². The van der Waals surface area contributed by atoms with Crippen molar-refractivity contribution in [3.05, 3.63) is 0 Å². The van der Waals surface area contributed by atoms with Crippen LogP contribution in [0.2, 0.25) is 0 Å². The fraction of sp³-hybridized carbons (Fsp3) is 0. The molecule has 0 radical (unpaired) electrons. The fourth-order valence-electron chi connectivity index (χ4n) is 0. The van der Waals surface area contributed by atoms with Crippen LogP contribution in [0.1, 0.15) is 0 Å². The first-order valence-corrected chi connectivity index (χ1v) is 0.970. The molecule has 0 aromatic rings. The molecule has 7 heteroatoms. The molecule has 5 nitrogen and oxygen atoms in total. The third-order valence-electron chi connectivity index (χ3n) is 0. The molecule has 0 aliphatic heterocycles. The summed E-state index contributed by atoms with van der Waals surface area (Å²) in [5.74, 6) is 0. The Balaban J connectivity index is -0.00000000333. The van der Waals surface area contributed by atoms with Gasteiger partial charge in [0.05, 0.1) is 0 Å². The van der Waals surface area contributed by atoms with Gasteiger partial charge in [-0.25, -0.2) is 0 Å². The van der Waals surface area contributed by atoms with Crippen molar-refractivity contribution in [2.75, 3.05) is 0 Å². The standard InChI is InChI=1S/ClHO2.Mg.3H2O.2H/c2-1-3;;;;;;/h2H;;3*1H2;;. The van der Waals surface area contributed by atoms with Crippen LogP contribution >= 0.6 is 0 Å². The van der Waals surface area contributed by atoms with E-state index in [4.69, 9.17) is 9.32 Å². The molecule has 0 aromatic heterocycles. The lowest BCUT2D eigenvalue weighted by Gasteiger charge is -1.46. The van der Waals surface area contributed by atoms with E-state index >= 15 is 0 Å². The molecular weight excluding hydrogens is 140 g/mol. The molecule has 0 saturated heterocycles. The Morgan fingerprint density at radius 1 is 1.14 bits per heavy atom. The molecule has 0 unspecified atom stereocenters. The van der Waals surface area contributed by atoms with Crippen molar-refractivity contribution < 1.29 is 37.1 Å². The summed E-state index contributed by atoms with van der Waals surface area (Å²) < 4.78 is 15.2. The molecule has 48 valence electrons. The van der Waals surface area contributed by atoms with Crippen LogP contribution in [0, 0.1) is 11.3 Å². The summed E-state index contributed by atoms with van der Waals surface area (Å²) in [6.07, 6.45) is 0. The minimum atomic E-state index is -0.167. The summed E-state index contributed by atoms with van der Waals surface area (Å²) in [5.41, 5.74) is 0. The highest BCUT2D eigenvalue weighted by atomic mass is 35.6. The van der Waals surface area contributed by atoms with E-state index in [0.29, 0.717) is 0 Å². The number of hydrogen-bond donors (Lipinski definition) is 1. The van der Waals surface area contributed by atoms with Gasteiger partial charge in [-0.3, -0.25) is 0 Å². The van der Waals surface area contributed by atoms with Crippen molar-refractivity contribution in [1.82, 2.24) is 0 Å². The zero-order valence-corrected chi connectivity index (χ0v) is 3.49. The molecule has 0 heterocycles. The third kappa shape index (κ3) is 221. The van der Waals surface area contributed by atoms with Crippen LogP contribution in [-0.4, -0.2) is 44.1 Å². The van der Waals surface area contributed by atoms with Gasteiger partial charge in [-0.2, -0.15) is 0 Å². The van der Waals surface area contributed by atoms with Crippen molar-refractivity contribution >= 4 is 23.1 Å². The Morgan fingerprint density at radius 2 is 1.14 bits per heavy atom. The average Bonchev–Trinajstić information content (AvgIpc) is 0.918. The molecule has 0 aromatic carbocycles. The van der Waals surface area contributed by atoms with Crippen molar-refractivity contribution in [3.63, 3.8) is 0 Å². The minimum Gasteiger partial charge on any atom is -0.506 e. The van der Waals surface area contributed by atoms with E-state index in [0.717, 1.165) is 0 Å². The van der Waals surface area contributed by atoms with Crippen LogP contribution in [0.4, 0.5) is 0 Å². The Hall–Kier alpha value is 0.856. The van der Waals surface area contributed by atoms with Crippen LogP contribution in [0.3, 0.4) is 0 Å². The van der Waals surface area contributed by atoms with Crippen LogP contribution in [-0.2, 0) is 0 Å². The highest BCUT2D eigenvalue weighted by molar-refractivity contribution is 5.75. The van der Waals surface area contributed by atoms with Gasteiger partial charge in [-0.1, -0.05) is 0 Å². The van der Waals surface area contributed by atoms with Gasteiger partial charge in [-0.05, 0) is 0 Å². The second kappa shape index (κ2) is 68.2. The molecule has 0 spiro atoms. The largest absolute Gasteiger partial charge is 0.506 e. The molecule has 0 aliphatic rings. The lowest BCUT2D eigenvalue weighted by Crippen LogP contribution is -1.94. The fourth-order valence-corrected chi connectivity index (χ4v) is 0. The van der Waals surface area contributed by atoms with E-state index in [1.54, 1.807) is 0 Å². The molecule has 0 atom stereocenters. The maximum absolute atomic E-state index is 8.35. The minimum absolute atomic E-state index is 0. The highest BCUT2D eigenvalue weighted by Gasteiger charge is 1.47.